The lowest BCUT2D eigenvalue weighted by Gasteiger charge is -2.19. The normalized spacial score (nSPS) is 22.5. The van der Waals surface area contributed by atoms with Crippen LogP contribution in [0.1, 0.15) is 28.9 Å². The van der Waals surface area contributed by atoms with E-state index in [2.05, 4.69) is 15.3 Å². The number of aliphatic imine (C=N–C) groups is 1. The molecule has 1 aromatic heterocycles. The lowest BCUT2D eigenvalue weighted by molar-refractivity contribution is -0.174. The van der Waals surface area contributed by atoms with Gasteiger partial charge in [-0.1, -0.05) is 30.3 Å². The molecular formula is C21H20ClF5N4O2S. The zero-order valence-corrected chi connectivity index (χ0v) is 19.3. The summed E-state index contributed by atoms with van der Waals surface area (Å²) in [5.41, 5.74) is 6.18. The highest BCUT2D eigenvalue weighted by molar-refractivity contribution is 8.15. The number of nitrogens with zero attached hydrogens (tertiary/aromatic N) is 2. The number of hydrogen-bond acceptors (Lipinski definition) is 5. The highest BCUT2D eigenvalue weighted by atomic mass is 35.5. The Morgan fingerprint density at radius 3 is 2.71 bits per heavy atom. The molecule has 184 valence electrons. The van der Waals surface area contributed by atoms with E-state index in [4.69, 9.17) is 22.1 Å². The van der Waals surface area contributed by atoms with Gasteiger partial charge in [0.25, 0.3) is 5.91 Å². The van der Waals surface area contributed by atoms with E-state index in [0.29, 0.717) is 5.02 Å². The van der Waals surface area contributed by atoms with E-state index in [1.807, 2.05) is 0 Å². The second-order valence-corrected chi connectivity index (χ2v) is 9.42. The molecular weight excluding hydrogens is 503 g/mol. The molecule has 0 bridgehead atoms. The average molecular weight is 523 g/mol. The van der Waals surface area contributed by atoms with Crippen molar-refractivity contribution in [1.29, 1.82) is 0 Å². The number of hydrogen-bond donors (Lipinski definition) is 2. The number of nitrogens with one attached hydrogen (secondary N) is 1. The van der Waals surface area contributed by atoms with Crippen molar-refractivity contribution < 1.29 is 31.5 Å². The monoisotopic (exact) mass is 522 g/mol. The molecule has 0 saturated heterocycles. The van der Waals surface area contributed by atoms with Gasteiger partial charge in [0, 0.05) is 17.8 Å². The Balaban J connectivity index is 1.85. The van der Waals surface area contributed by atoms with E-state index in [-0.39, 0.29) is 22.1 Å². The lowest BCUT2D eigenvalue weighted by Crippen LogP contribution is -2.27. The molecule has 6 nitrogen and oxygen atoms in total. The number of pyridine rings is 1. The van der Waals surface area contributed by atoms with Gasteiger partial charge < -0.3 is 15.8 Å². The number of nitrogens with two attached hydrogens (primary N) is 1. The van der Waals surface area contributed by atoms with E-state index < -0.39 is 54.5 Å². The molecule has 1 fully saturated rings. The number of benzene rings is 1. The van der Waals surface area contributed by atoms with Crippen LogP contribution < -0.4 is 11.1 Å². The van der Waals surface area contributed by atoms with Gasteiger partial charge in [0.15, 0.2) is 12.0 Å². The maximum Gasteiger partial charge on any atom is 0.411 e. The first-order valence-electron chi connectivity index (χ1n) is 9.88. The number of rotatable bonds is 8. The highest BCUT2D eigenvalue weighted by Gasteiger charge is 2.64. The molecule has 1 aromatic carbocycles. The van der Waals surface area contributed by atoms with E-state index >= 15 is 0 Å². The minimum absolute atomic E-state index is 0.0794. The van der Waals surface area contributed by atoms with Crippen LogP contribution in [0.2, 0.25) is 5.02 Å². The Bertz CT molecular complexity index is 1070. The van der Waals surface area contributed by atoms with Crippen molar-refractivity contribution in [3.8, 4) is 0 Å². The Labute approximate surface area is 201 Å². The van der Waals surface area contributed by atoms with Gasteiger partial charge in [-0.25, -0.2) is 18.8 Å². The zero-order valence-electron chi connectivity index (χ0n) is 17.7. The van der Waals surface area contributed by atoms with Gasteiger partial charge in [-0.05, 0) is 41.8 Å². The van der Waals surface area contributed by atoms with Crippen LogP contribution in [-0.4, -0.2) is 47.0 Å². The fourth-order valence-electron chi connectivity index (χ4n) is 3.72. The number of ether oxygens (including phenoxy) is 1. The molecule has 0 radical (unpaired) electrons. The number of alkyl halides is 4. The number of amides is 1. The minimum Gasteiger partial charge on any atom is -0.378 e. The SMILES string of the molecule is CC1C(c2cc(NC(=O)c3ccc(Cl)cn3)ccc2F)[C@@]1(COCC(F)(F)F)S/C(N)=N\CF. The van der Waals surface area contributed by atoms with Crippen molar-refractivity contribution in [3.63, 3.8) is 0 Å². The maximum atomic E-state index is 14.8. The molecule has 3 atom stereocenters. The minimum atomic E-state index is -4.55. The van der Waals surface area contributed by atoms with Crippen LogP contribution in [0.15, 0.2) is 41.5 Å². The molecule has 1 aliphatic carbocycles. The summed E-state index contributed by atoms with van der Waals surface area (Å²) in [4.78, 5) is 19.8. The van der Waals surface area contributed by atoms with Crippen molar-refractivity contribution in [1.82, 2.24) is 4.98 Å². The second kappa shape index (κ2) is 10.4. The Kier molecular flexibility index (Phi) is 8.04. The van der Waals surface area contributed by atoms with Gasteiger partial charge in [-0.3, -0.25) is 4.79 Å². The molecule has 13 heteroatoms. The van der Waals surface area contributed by atoms with Crippen LogP contribution in [0.25, 0.3) is 0 Å². The average Bonchev–Trinajstić information content (AvgIpc) is 3.30. The van der Waals surface area contributed by atoms with Crippen molar-refractivity contribution in [2.24, 2.45) is 16.6 Å². The molecule has 2 aromatic rings. The summed E-state index contributed by atoms with van der Waals surface area (Å²) in [6.45, 7) is -1.33. The van der Waals surface area contributed by atoms with Crippen molar-refractivity contribution in [3.05, 3.63) is 58.6 Å². The van der Waals surface area contributed by atoms with Crippen molar-refractivity contribution in [2.75, 3.05) is 25.3 Å². The van der Waals surface area contributed by atoms with Crippen molar-refractivity contribution >= 4 is 40.1 Å². The first kappa shape index (κ1) is 26.2. The summed E-state index contributed by atoms with van der Waals surface area (Å²) >= 11 is 6.61. The number of carbonyl (C=O) groups excluding carboxylic acids is 1. The van der Waals surface area contributed by atoms with Crippen LogP contribution in [-0.2, 0) is 4.74 Å². The molecule has 3 rings (SSSR count). The summed E-state index contributed by atoms with van der Waals surface area (Å²) in [7, 11) is 0. The number of halogens is 6. The molecule has 34 heavy (non-hydrogen) atoms. The molecule has 1 heterocycles. The van der Waals surface area contributed by atoms with Gasteiger partial charge in [-0.2, -0.15) is 13.2 Å². The molecule has 1 amide bonds. The molecule has 0 aliphatic heterocycles. The summed E-state index contributed by atoms with van der Waals surface area (Å²) < 4.78 is 69.0. The van der Waals surface area contributed by atoms with Gasteiger partial charge in [0.05, 0.1) is 16.4 Å². The molecule has 0 spiro atoms. The standard InChI is InChI=1S/C21H20ClF5N4O2S/c1-11-17(20(11,34-19(28)30-10-23)8-33-9-21(25,26)27)14-6-13(3-4-15(14)24)31-18(32)16-5-2-12(22)7-29-16/h2-7,11,17H,8-10H2,1H3,(H2,28,30)(H,31,32)/t11?,17?,20-/m0/s1. The molecule has 2 unspecified atom stereocenters. The van der Waals surface area contributed by atoms with Crippen LogP contribution in [0.4, 0.5) is 27.6 Å². The predicted molar refractivity (Wildman–Crippen MR) is 120 cm³/mol. The van der Waals surface area contributed by atoms with Gasteiger partial charge >= 0.3 is 6.18 Å². The number of aromatic nitrogens is 1. The first-order chi connectivity index (χ1) is 16.0. The summed E-state index contributed by atoms with van der Waals surface area (Å²) in [5, 5.41) is 2.76. The summed E-state index contributed by atoms with van der Waals surface area (Å²) in [6, 6.07) is 6.77. The van der Waals surface area contributed by atoms with Gasteiger partial charge in [0.1, 0.15) is 18.1 Å². The van der Waals surface area contributed by atoms with Crippen LogP contribution in [0.5, 0.6) is 0 Å². The van der Waals surface area contributed by atoms with Crippen molar-refractivity contribution in [2.45, 2.75) is 23.8 Å². The third-order valence-electron chi connectivity index (χ3n) is 5.34. The topological polar surface area (TPSA) is 89.6 Å². The maximum absolute atomic E-state index is 14.8. The first-order valence-corrected chi connectivity index (χ1v) is 11.1. The van der Waals surface area contributed by atoms with Gasteiger partial charge in [-0.15, -0.1) is 0 Å². The van der Waals surface area contributed by atoms with Gasteiger partial charge in [0.2, 0.25) is 0 Å². The van der Waals surface area contributed by atoms with Crippen LogP contribution in [0.3, 0.4) is 0 Å². The largest absolute Gasteiger partial charge is 0.411 e. The fraction of sp³-hybridized carbons (Fsp3) is 0.381. The molecule has 1 aliphatic rings. The number of thioether (sulfide) groups is 1. The zero-order chi connectivity index (χ0) is 25.1. The number of amidine groups is 1. The predicted octanol–water partition coefficient (Wildman–Crippen LogP) is 5.15. The van der Waals surface area contributed by atoms with E-state index in [1.54, 1.807) is 6.92 Å². The molecule has 1 saturated carbocycles. The third kappa shape index (κ3) is 6.16. The van der Waals surface area contributed by atoms with Crippen LogP contribution in [0, 0.1) is 11.7 Å². The Morgan fingerprint density at radius 2 is 2.09 bits per heavy atom. The Morgan fingerprint density at radius 1 is 1.35 bits per heavy atom. The second-order valence-electron chi connectivity index (χ2n) is 7.60. The molecule has 3 N–H and O–H groups in total. The fourth-order valence-corrected chi connectivity index (χ4v) is 5.19. The highest BCUT2D eigenvalue weighted by Crippen LogP contribution is 2.66. The third-order valence-corrected chi connectivity index (χ3v) is 7.03. The quantitative estimate of drug-likeness (QED) is 0.216. The Hall–Kier alpha value is -2.44. The smallest absolute Gasteiger partial charge is 0.378 e. The summed E-state index contributed by atoms with van der Waals surface area (Å²) in [5.74, 6) is -2.22. The lowest BCUT2D eigenvalue weighted by atomic mass is 10.1. The number of anilines is 1. The van der Waals surface area contributed by atoms with E-state index in [1.165, 1.54) is 30.5 Å². The van der Waals surface area contributed by atoms with Crippen LogP contribution >= 0.6 is 23.4 Å². The van der Waals surface area contributed by atoms with E-state index in [9.17, 15) is 26.7 Å². The van der Waals surface area contributed by atoms with E-state index in [0.717, 1.165) is 17.8 Å². The number of carbonyl (C=O) groups is 1. The summed E-state index contributed by atoms with van der Waals surface area (Å²) in [6.07, 6.45) is -3.25.